The number of halogens is 1. The van der Waals surface area contributed by atoms with E-state index in [9.17, 15) is 4.79 Å². The summed E-state index contributed by atoms with van der Waals surface area (Å²) >= 11 is 3.42. The predicted molar refractivity (Wildman–Crippen MR) is 58.1 cm³/mol. The molecule has 0 bridgehead atoms. The number of benzene rings is 1. The highest BCUT2D eigenvalue weighted by molar-refractivity contribution is 9.10. The Morgan fingerprint density at radius 2 is 2.29 bits per heavy atom. The minimum absolute atomic E-state index is 0.313. The molecule has 0 spiro atoms. The molecule has 72 valence electrons. The largest absolute Gasteiger partial charge is 0.312 e. The number of rotatable bonds is 1. The molecule has 1 aromatic rings. The zero-order chi connectivity index (χ0) is 9.71. The fraction of sp³-hybridized carbons (Fsp3) is 0.364. The summed E-state index contributed by atoms with van der Waals surface area (Å²) < 4.78 is 1.03. The average molecular weight is 252 g/mol. The number of fused-ring (bicyclic) bond motifs is 1. The van der Waals surface area contributed by atoms with Crippen LogP contribution < -0.4 is 4.90 Å². The van der Waals surface area contributed by atoms with Crippen LogP contribution in [-0.2, 0) is 4.79 Å². The van der Waals surface area contributed by atoms with Crippen molar-refractivity contribution in [3.8, 4) is 0 Å². The van der Waals surface area contributed by atoms with Gasteiger partial charge in [-0.25, -0.2) is 0 Å². The lowest BCUT2D eigenvalue weighted by Crippen LogP contribution is -2.27. The van der Waals surface area contributed by atoms with Gasteiger partial charge in [-0.05, 0) is 30.5 Å². The van der Waals surface area contributed by atoms with E-state index in [0.29, 0.717) is 17.7 Å². The Bertz CT molecular complexity index is 404. The lowest BCUT2D eigenvalue weighted by atomic mass is 10.3. The van der Waals surface area contributed by atoms with Crippen LogP contribution in [-0.4, -0.2) is 12.5 Å². The Morgan fingerprint density at radius 1 is 1.43 bits per heavy atom. The monoisotopic (exact) mass is 251 g/mol. The summed E-state index contributed by atoms with van der Waals surface area (Å²) in [5, 5.41) is 0. The van der Waals surface area contributed by atoms with Gasteiger partial charge in [0.05, 0.1) is 0 Å². The smallest absolute Gasteiger partial charge is 0.230 e. The van der Waals surface area contributed by atoms with Gasteiger partial charge in [-0.3, -0.25) is 4.79 Å². The second kappa shape index (κ2) is 2.83. The lowest BCUT2D eigenvalue weighted by molar-refractivity contribution is -0.118. The summed E-state index contributed by atoms with van der Waals surface area (Å²) in [6.07, 6.45) is 1.11. The molecule has 1 aliphatic heterocycles. The predicted octanol–water partition coefficient (Wildman–Crippen LogP) is 2.43. The SMILES string of the molecule is O=C1C2CC2CN1c1cccc(Br)c1. The summed E-state index contributed by atoms with van der Waals surface area (Å²) in [5.74, 6) is 1.29. The molecule has 3 heteroatoms. The molecule has 0 aromatic heterocycles. The minimum atomic E-state index is 0.313. The van der Waals surface area contributed by atoms with Gasteiger partial charge in [-0.2, -0.15) is 0 Å². The maximum Gasteiger partial charge on any atom is 0.230 e. The Kier molecular flexibility index (Phi) is 1.71. The van der Waals surface area contributed by atoms with E-state index in [1.807, 2.05) is 29.2 Å². The summed E-state index contributed by atoms with van der Waals surface area (Å²) in [4.78, 5) is 13.7. The van der Waals surface area contributed by atoms with E-state index < -0.39 is 0 Å². The maximum atomic E-state index is 11.8. The fourth-order valence-electron chi connectivity index (χ4n) is 2.15. The van der Waals surface area contributed by atoms with Crippen LogP contribution in [0, 0.1) is 11.8 Å². The Balaban J connectivity index is 1.92. The third-order valence-corrected chi connectivity index (χ3v) is 3.54. The molecule has 2 aliphatic rings. The van der Waals surface area contributed by atoms with Crippen LogP contribution in [0.3, 0.4) is 0 Å². The van der Waals surface area contributed by atoms with Gasteiger partial charge in [0, 0.05) is 22.6 Å². The van der Waals surface area contributed by atoms with E-state index in [1.165, 1.54) is 0 Å². The second-order valence-electron chi connectivity index (χ2n) is 4.03. The Hall–Kier alpha value is -0.830. The van der Waals surface area contributed by atoms with Crippen molar-refractivity contribution < 1.29 is 4.79 Å². The fourth-order valence-corrected chi connectivity index (χ4v) is 2.54. The molecule has 2 fully saturated rings. The first-order valence-corrected chi connectivity index (χ1v) is 5.62. The third kappa shape index (κ3) is 1.19. The molecule has 2 atom stereocenters. The highest BCUT2D eigenvalue weighted by Crippen LogP contribution is 2.47. The van der Waals surface area contributed by atoms with Crippen molar-refractivity contribution in [3.05, 3.63) is 28.7 Å². The van der Waals surface area contributed by atoms with Gasteiger partial charge in [-0.15, -0.1) is 0 Å². The third-order valence-electron chi connectivity index (χ3n) is 3.04. The number of nitrogens with zero attached hydrogens (tertiary/aromatic N) is 1. The molecule has 0 N–H and O–H groups in total. The summed E-state index contributed by atoms with van der Waals surface area (Å²) in [6.45, 7) is 0.917. The molecule has 3 rings (SSSR count). The number of carbonyl (C=O) groups is 1. The number of hydrogen-bond donors (Lipinski definition) is 0. The number of anilines is 1. The van der Waals surface area contributed by atoms with Crippen molar-refractivity contribution in [2.75, 3.05) is 11.4 Å². The van der Waals surface area contributed by atoms with Gasteiger partial charge in [0.25, 0.3) is 0 Å². The molecule has 2 nitrogen and oxygen atoms in total. The summed E-state index contributed by atoms with van der Waals surface area (Å²) in [7, 11) is 0. The number of carbonyl (C=O) groups excluding carboxylic acids is 1. The van der Waals surface area contributed by atoms with Crippen molar-refractivity contribution in [3.63, 3.8) is 0 Å². The molecule has 1 aliphatic carbocycles. The Labute approximate surface area is 91.0 Å². The van der Waals surface area contributed by atoms with Gasteiger partial charge in [0.2, 0.25) is 5.91 Å². The Morgan fingerprint density at radius 3 is 2.93 bits per heavy atom. The lowest BCUT2D eigenvalue weighted by Gasteiger charge is -2.18. The quantitative estimate of drug-likeness (QED) is 0.751. The molecule has 1 heterocycles. The average Bonchev–Trinajstić information content (AvgIpc) is 2.86. The number of hydrogen-bond acceptors (Lipinski definition) is 1. The normalized spacial score (nSPS) is 29.2. The molecule has 0 radical (unpaired) electrons. The van der Waals surface area contributed by atoms with Gasteiger partial charge in [0.1, 0.15) is 0 Å². The van der Waals surface area contributed by atoms with Crippen molar-refractivity contribution in [1.29, 1.82) is 0 Å². The first-order chi connectivity index (χ1) is 6.75. The molecule has 14 heavy (non-hydrogen) atoms. The van der Waals surface area contributed by atoms with Crippen LogP contribution in [0.15, 0.2) is 28.7 Å². The van der Waals surface area contributed by atoms with Crippen LogP contribution in [0.4, 0.5) is 5.69 Å². The van der Waals surface area contributed by atoms with E-state index in [1.54, 1.807) is 0 Å². The van der Waals surface area contributed by atoms with E-state index >= 15 is 0 Å². The zero-order valence-corrected chi connectivity index (χ0v) is 9.20. The van der Waals surface area contributed by atoms with E-state index in [2.05, 4.69) is 15.9 Å². The van der Waals surface area contributed by atoms with Gasteiger partial charge in [0.15, 0.2) is 0 Å². The first-order valence-electron chi connectivity index (χ1n) is 4.82. The zero-order valence-electron chi connectivity index (χ0n) is 7.61. The van der Waals surface area contributed by atoms with Gasteiger partial charge >= 0.3 is 0 Å². The molecule has 1 amide bonds. The molecule has 1 aromatic carbocycles. The number of piperidine rings is 1. The standard InChI is InChI=1S/C11H10BrNO/c12-8-2-1-3-9(5-8)13-6-7-4-10(7)11(13)14/h1-3,5,7,10H,4,6H2. The van der Waals surface area contributed by atoms with E-state index in [0.717, 1.165) is 23.1 Å². The topological polar surface area (TPSA) is 20.3 Å². The van der Waals surface area contributed by atoms with Crippen LogP contribution in [0.1, 0.15) is 6.42 Å². The van der Waals surface area contributed by atoms with Gasteiger partial charge < -0.3 is 4.90 Å². The van der Waals surface area contributed by atoms with Crippen LogP contribution in [0.2, 0.25) is 0 Å². The van der Waals surface area contributed by atoms with E-state index in [-0.39, 0.29) is 0 Å². The maximum absolute atomic E-state index is 11.8. The molecule has 1 saturated heterocycles. The summed E-state index contributed by atoms with van der Waals surface area (Å²) in [6, 6.07) is 7.94. The number of amides is 1. The van der Waals surface area contributed by atoms with Gasteiger partial charge in [-0.1, -0.05) is 22.0 Å². The second-order valence-corrected chi connectivity index (χ2v) is 4.95. The summed E-state index contributed by atoms with van der Waals surface area (Å²) in [5.41, 5.74) is 1.02. The van der Waals surface area contributed by atoms with Crippen molar-refractivity contribution in [2.45, 2.75) is 6.42 Å². The molecule has 2 unspecified atom stereocenters. The van der Waals surface area contributed by atoms with E-state index in [4.69, 9.17) is 0 Å². The molecular weight excluding hydrogens is 242 g/mol. The highest BCUT2D eigenvalue weighted by atomic mass is 79.9. The van der Waals surface area contributed by atoms with Crippen molar-refractivity contribution >= 4 is 27.5 Å². The van der Waals surface area contributed by atoms with Crippen LogP contribution >= 0.6 is 15.9 Å². The highest BCUT2D eigenvalue weighted by Gasteiger charge is 2.52. The first kappa shape index (κ1) is 8.48. The molecule has 1 saturated carbocycles. The van der Waals surface area contributed by atoms with Crippen molar-refractivity contribution in [1.82, 2.24) is 0 Å². The molecular formula is C11H10BrNO. The van der Waals surface area contributed by atoms with Crippen LogP contribution in [0.25, 0.3) is 0 Å². The van der Waals surface area contributed by atoms with Crippen molar-refractivity contribution in [2.24, 2.45) is 11.8 Å². The minimum Gasteiger partial charge on any atom is -0.312 e. The van der Waals surface area contributed by atoms with Crippen LogP contribution in [0.5, 0.6) is 0 Å².